The molecule has 9 nitrogen and oxygen atoms in total. The zero-order valence-corrected chi connectivity index (χ0v) is 13.2. The van der Waals surface area contributed by atoms with Crippen LogP contribution in [0.4, 0.5) is 0 Å². The first-order valence-electron chi connectivity index (χ1n) is 4.95. The normalized spacial score (nSPS) is 13.9. The van der Waals surface area contributed by atoms with Gasteiger partial charge < -0.3 is 0 Å². The summed E-state index contributed by atoms with van der Waals surface area (Å²) in [5, 5.41) is 0. The fraction of sp³-hybridized carbons (Fsp3) is 1.00. The molecule has 0 unspecified atom stereocenters. The first-order valence-corrected chi connectivity index (χ1v) is 10.4. The SMILES string of the molecule is CS(=O)(=O)OCCN(CCOS(C)(=O)=O)S(C)(=O)=O. The molecule has 0 saturated carbocycles. The van der Waals surface area contributed by atoms with Crippen molar-refractivity contribution in [1.82, 2.24) is 4.31 Å². The van der Waals surface area contributed by atoms with E-state index in [0.717, 1.165) is 23.1 Å². The van der Waals surface area contributed by atoms with Crippen molar-refractivity contribution in [2.75, 3.05) is 45.1 Å². The van der Waals surface area contributed by atoms with Crippen LogP contribution in [0.25, 0.3) is 0 Å². The third-order valence-electron chi connectivity index (χ3n) is 1.75. The van der Waals surface area contributed by atoms with Crippen LogP contribution in [0, 0.1) is 0 Å². The maximum Gasteiger partial charge on any atom is 0.264 e. The minimum Gasteiger partial charge on any atom is -0.269 e. The van der Waals surface area contributed by atoms with Gasteiger partial charge in [-0.3, -0.25) is 8.37 Å². The second kappa shape index (κ2) is 6.95. The monoisotopic (exact) mass is 339 g/mol. The van der Waals surface area contributed by atoms with Gasteiger partial charge in [-0.15, -0.1) is 0 Å². The summed E-state index contributed by atoms with van der Waals surface area (Å²) in [7, 11) is -10.9. The summed E-state index contributed by atoms with van der Waals surface area (Å²) in [6, 6.07) is 0. The van der Waals surface area contributed by atoms with E-state index in [9.17, 15) is 25.3 Å². The molecule has 0 radical (unpaired) electrons. The van der Waals surface area contributed by atoms with Crippen molar-refractivity contribution >= 4 is 30.3 Å². The molecule has 0 spiro atoms. The van der Waals surface area contributed by atoms with Crippen molar-refractivity contribution in [1.29, 1.82) is 0 Å². The first kappa shape index (κ1) is 18.7. The molecule has 116 valence electrons. The van der Waals surface area contributed by atoms with Gasteiger partial charge in [-0.1, -0.05) is 0 Å². The summed E-state index contributed by atoms with van der Waals surface area (Å²) in [6.45, 7) is -1.16. The van der Waals surface area contributed by atoms with E-state index >= 15 is 0 Å². The molecule has 0 saturated heterocycles. The molecule has 19 heavy (non-hydrogen) atoms. The zero-order chi connectivity index (χ0) is 15.3. The molecule has 0 aliphatic heterocycles. The number of sulfonamides is 1. The molecule has 0 rings (SSSR count). The molecule has 0 heterocycles. The Morgan fingerprint density at radius 2 is 1.05 bits per heavy atom. The van der Waals surface area contributed by atoms with Gasteiger partial charge in [0.1, 0.15) is 0 Å². The highest BCUT2D eigenvalue weighted by Gasteiger charge is 2.18. The fourth-order valence-electron chi connectivity index (χ4n) is 1.02. The lowest BCUT2D eigenvalue weighted by molar-refractivity contribution is 0.245. The summed E-state index contributed by atoms with van der Waals surface area (Å²) >= 11 is 0. The zero-order valence-electron chi connectivity index (χ0n) is 10.8. The lowest BCUT2D eigenvalue weighted by Crippen LogP contribution is -2.36. The second-order valence-electron chi connectivity index (χ2n) is 3.71. The third-order valence-corrected chi connectivity index (χ3v) is 4.24. The quantitative estimate of drug-likeness (QED) is 0.451. The molecule has 0 aliphatic rings. The van der Waals surface area contributed by atoms with Crippen LogP contribution in [0.3, 0.4) is 0 Å². The summed E-state index contributed by atoms with van der Waals surface area (Å²) in [6.07, 6.45) is 2.59. The van der Waals surface area contributed by atoms with Crippen LogP contribution in [0.5, 0.6) is 0 Å². The van der Waals surface area contributed by atoms with Crippen molar-refractivity contribution in [2.24, 2.45) is 0 Å². The topological polar surface area (TPSA) is 124 Å². The Bertz CT molecular complexity index is 538. The number of nitrogens with zero attached hydrogens (tertiary/aromatic N) is 1. The minimum atomic E-state index is -3.66. The highest BCUT2D eigenvalue weighted by atomic mass is 32.2. The van der Waals surface area contributed by atoms with Crippen molar-refractivity contribution in [2.45, 2.75) is 0 Å². The molecule has 0 aromatic heterocycles. The molecule has 0 aromatic carbocycles. The molecule has 0 atom stereocenters. The van der Waals surface area contributed by atoms with Gasteiger partial charge in [0.25, 0.3) is 20.2 Å². The number of rotatable bonds is 9. The smallest absolute Gasteiger partial charge is 0.264 e. The van der Waals surface area contributed by atoms with Crippen LogP contribution in [0.1, 0.15) is 0 Å². The van der Waals surface area contributed by atoms with Crippen LogP contribution in [0.15, 0.2) is 0 Å². The molecule has 0 aromatic rings. The maximum atomic E-state index is 11.4. The summed E-state index contributed by atoms with van der Waals surface area (Å²) in [5.41, 5.74) is 0. The Hall–Kier alpha value is -0.270. The van der Waals surface area contributed by atoms with E-state index in [1.165, 1.54) is 0 Å². The van der Waals surface area contributed by atoms with Crippen LogP contribution in [0.2, 0.25) is 0 Å². The lowest BCUT2D eigenvalue weighted by atomic mass is 10.6. The van der Waals surface area contributed by atoms with Gasteiger partial charge in [-0.05, 0) is 0 Å². The van der Waals surface area contributed by atoms with Gasteiger partial charge in [0.05, 0.1) is 32.0 Å². The predicted octanol–water partition coefficient (Wildman–Crippen LogP) is -1.80. The predicted molar refractivity (Wildman–Crippen MR) is 68.0 cm³/mol. The fourth-order valence-corrected chi connectivity index (χ4v) is 2.59. The Morgan fingerprint density at radius 3 is 1.26 bits per heavy atom. The number of hydrogen-bond donors (Lipinski definition) is 0. The van der Waals surface area contributed by atoms with Crippen LogP contribution >= 0.6 is 0 Å². The van der Waals surface area contributed by atoms with E-state index in [0.29, 0.717) is 0 Å². The van der Waals surface area contributed by atoms with Crippen molar-refractivity contribution in [3.63, 3.8) is 0 Å². The van der Waals surface area contributed by atoms with Gasteiger partial charge in [0.2, 0.25) is 10.0 Å². The van der Waals surface area contributed by atoms with E-state index in [2.05, 4.69) is 8.37 Å². The molecule has 0 bridgehead atoms. The van der Waals surface area contributed by atoms with E-state index < -0.39 is 30.3 Å². The van der Waals surface area contributed by atoms with E-state index in [4.69, 9.17) is 0 Å². The Kier molecular flexibility index (Phi) is 6.85. The largest absolute Gasteiger partial charge is 0.269 e. The second-order valence-corrected chi connectivity index (χ2v) is 8.98. The van der Waals surface area contributed by atoms with Gasteiger partial charge in [0, 0.05) is 13.1 Å². The highest BCUT2D eigenvalue weighted by Crippen LogP contribution is 2.00. The van der Waals surface area contributed by atoms with E-state index in [-0.39, 0.29) is 26.3 Å². The van der Waals surface area contributed by atoms with E-state index in [1.807, 2.05) is 0 Å². The van der Waals surface area contributed by atoms with Gasteiger partial charge in [0.15, 0.2) is 0 Å². The van der Waals surface area contributed by atoms with Gasteiger partial charge in [-0.25, -0.2) is 8.42 Å². The standard InChI is InChI=1S/C7H17NO8S3/c1-17(9,10)8(4-6-15-18(2,11)12)5-7-16-19(3,13)14/h4-7H2,1-3H3. The molecule has 12 heteroatoms. The molecule has 0 aliphatic carbocycles. The molecular formula is C7H17NO8S3. The van der Waals surface area contributed by atoms with Crippen molar-refractivity contribution in [3.05, 3.63) is 0 Å². The summed E-state index contributed by atoms with van der Waals surface area (Å²) < 4.78 is 75.3. The van der Waals surface area contributed by atoms with Crippen molar-refractivity contribution < 1.29 is 33.6 Å². The Labute approximate surface area is 113 Å². The Morgan fingerprint density at radius 1 is 0.737 bits per heavy atom. The molecular weight excluding hydrogens is 322 g/mol. The minimum absolute atomic E-state index is 0.223. The van der Waals surface area contributed by atoms with Crippen molar-refractivity contribution in [3.8, 4) is 0 Å². The van der Waals surface area contributed by atoms with Gasteiger partial charge >= 0.3 is 0 Å². The molecule has 0 amide bonds. The number of hydrogen-bond acceptors (Lipinski definition) is 8. The first-order chi connectivity index (χ1) is 8.31. The molecule has 0 fully saturated rings. The third kappa shape index (κ3) is 11.3. The van der Waals surface area contributed by atoms with Crippen LogP contribution < -0.4 is 0 Å². The molecule has 0 N–H and O–H groups in total. The van der Waals surface area contributed by atoms with E-state index in [1.54, 1.807) is 0 Å². The van der Waals surface area contributed by atoms with Crippen LogP contribution in [-0.4, -0.2) is 74.6 Å². The highest BCUT2D eigenvalue weighted by molar-refractivity contribution is 7.88. The Balaban J connectivity index is 4.43. The van der Waals surface area contributed by atoms with Crippen LogP contribution in [-0.2, 0) is 38.6 Å². The summed E-state index contributed by atoms with van der Waals surface area (Å²) in [5.74, 6) is 0. The average molecular weight is 339 g/mol. The summed E-state index contributed by atoms with van der Waals surface area (Å²) in [4.78, 5) is 0. The lowest BCUT2D eigenvalue weighted by Gasteiger charge is -2.18. The van der Waals surface area contributed by atoms with Gasteiger partial charge in [-0.2, -0.15) is 21.1 Å². The maximum absolute atomic E-state index is 11.4. The average Bonchev–Trinajstić information content (AvgIpc) is 2.09.